The summed E-state index contributed by atoms with van der Waals surface area (Å²) >= 11 is 0. The number of aryl methyl sites for hydroxylation is 1. The molecule has 152 valence electrons. The fourth-order valence-corrected chi connectivity index (χ4v) is 4.17. The number of hydrogen-bond acceptors (Lipinski definition) is 5. The zero-order valence-corrected chi connectivity index (χ0v) is 17.1. The highest BCUT2D eigenvalue weighted by molar-refractivity contribution is 5.81. The first kappa shape index (κ1) is 20.3. The third-order valence-corrected chi connectivity index (χ3v) is 5.87. The Morgan fingerprint density at radius 2 is 1.96 bits per heavy atom. The van der Waals surface area contributed by atoms with Gasteiger partial charge in [0.15, 0.2) is 0 Å². The lowest BCUT2D eigenvalue weighted by Gasteiger charge is -2.37. The van der Waals surface area contributed by atoms with Gasteiger partial charge in [-0.25, -0.2) is 4.98 Å². The van der Waals surface area contributed by atoms with Gasteiger partial charge in [-0.2, -0.15) is 0 Å². The first-order valence-corrected chi connectivity index (χ1v) is 10.3. The molecule has 7 heteroatoms. The summed E-state index contributed by atoms with van der Waals surface area (Å²) in [6.07, 6.45) is 7.16. The van der Waals surface area contributed by atoms with Crippen molar-refractivity contribution < 1.29 is 9.53 Å². The lowest BCUT2D eigenvalue weighted by Crippen LogP contribution is -2.52. The van der Waals surface area contributed by atoms with E-state index in [4.69, 9.17) is 4.74 Å². The second-order valence-corrected chi connectivity index (χ2v) is 8.06. The van der Waals surface area contributed by atoms with Crippen molar-refractivity contribution in [2.45, 2.75) is 44.7 Å². The Hall–Kier alpha value is -1.44. The average Bonchev–Trinajstić information content (AvgIpc) is 3.16. The van der Waals surface area contributed by atoms with Gasteiger partial charge in [0.05, 0.1) is 19.3 Å². The van der Waals surface area contributed by atoms with Crippen molar-refractivity contribution in [3.63, 3.8) is 0 Å². The van der Waals surface area contributed by atoms with Crippen LogP contribution in [-0.4, -0.2) is 96.2 Å². The number of morpholine rings is 1. The summed E-state index contributed by atoms with van der Waals surface area (Å²) in [4.78, 5) is 24.0. The number of ether oxygens (including phenoxy) is 1. The van der Waals surface area contributed by atoms with Crippen molar-refractivity contribution in [3.05, 3.63) is 18.2 Å². The first-order valence-electron chi connectivity index (χ1n) is 10.3. The van der Waals surface area contributed by atoms with Gasteiger partial charge in [0, 0.05) is 51.0 Å². The maximum absolute atomic E-state index is 12.9. The SMILES string of the molecule is C[C@H](C(=O)N1CCC(c2nccn2CCCN(C)C)CC1)N1CCOCC1. The quantitative estimate of drug-likeness (QED) is 0.716. The van der Waals surface area contributed by atoms with Crippen LogP contribution in [0.25, 0.3) is 0 Å². The van der Waals surface area contributed by atoms with E-state index in [1.165, 1.54) is 5.82 Å². The number of amides is 1. The molecule has 0 aliphatic carbocycles. The van der Waals surface area contributed by atoms with Crippen LogP contribution < -0.4 is 0 Å². The van der Waals surface area contributed by atoms with Crippen LogP contribution in [0.4, 0.5) is 0 Å². The molecule has 3 rings (SSSR count). The minimum absolute atomic E-state index is 0.0431. The highest BCUT2D eigenvalue weighted by atomic mass is 16.5. The van der Waals surface area contributed by atoms with Crippen LogP contribution in [0.15, 0.2) is 12.4 Å². The summed E-state index contributed by atoms with van der Waals surface area (Å²) in [7, 11) is 4.22. The zero-order valence-electron chi connectivity index (χ0n) is 17.1. The van der Waals surface area contributed by atoms with Gasteiger partial charge in [-0.05, 0) is 46.8 Å². The maximum Gasteiger partial charge on any atom is 0.239 e. The summed E-state index contributed by atoms with van der Waals surface area (Å²) in [5.41, 5.74) is 0. The predicted molar refractivity (Wildman–Crippen MR) is 106 cm³/mol. The third kappa shape index (κ3) is 5.30. The highest BCUT2D eigenvalue weighted by Gasteiger charge is 2.31. The largest absolute Gasteiger partial charge is 0.379 e. The standard InChI is InChI=1S/C20H35N5O2/c1-17(23-13-15-27-16-14-23)20(26)25-10-5-18(6-11-25)19-21-7-12-24(19)9-4-8-22(2)3/h7,12,17-18H,4-6,8-11,13-16H2,1-3H3/t17-/m1/s1. The summed E-state index contributed by atoms with van der Waals surface area (Å²) < 4.78 is 7.71. The van der Waals surface area contributed by atoms with Crippen LogP contribution in [0, 0.1) is 0 Å². The van der Waals surface area contributed by atoms with Crippen LogP contribution in [0.2, 0.25) is 0 Å². The van der Waals surface area contributed by atoms with Gasteiger partial charge in [0.25, 0.3) is 0 Å². The second-order valence-electron chi connectivity index (χ2n) is 8.06. The fraction of sp³-hybridized carbons (Fsp3) is 0.800. The number of likely N-dealkylation sites (tertiary alicyclic amines) is 1. The molecule has 0 N–H and O–H groups in total. The molecule has 1 atom stereocenters. The molecule has 0 saturated carbocycles. The molecule has 0 aromatic carbocycles. The van der Waals surface area contributed by atoms with Crippen molar-refractivity contribution in [2.75, 3.05) is 60.0 Å². The molecule has 0 unspecified atom stereocenters. The molecule has 1 aromatic rings. The number of aromatic nitrogens is 2. The van der Waals surface area contributed by atoms with E-state index in [0.717, 1.165) is 71.7 Å². The maximum atomic E-state index is 12.9. The molecular weight excluding hydrogens is 342 g/mol. The van der Waals surface area contributed by atoms with Crippen LogP contribution in [0.1, 0.15) is 37.9 Å². The predicted octanol–water partition coefficient (Wildman–Crippen LogP) is 1.26. The second kappa shape index (κ2) is 9.66. The van der Waals surface area contributed by atoms with E-state index in [9.17, 15) is 4.79 Å². The Morgan fingerprint density at radius 1 is 1.26 bits per heavy atom. The normalized spacial score (nSPS) is 21.0. The molecule has 0 spiro atoms. The molecule has 3 heterocycles. The average molecular weight is 378 g/mol. The molecule has 0 radical (unpaired) electrons. The van der Waals surface area contributed by atoms with Crippen molar-refractivity contribution in [1.82, 2.24) is 24.3 Å². The van der Waals surface area contributed by atoms with E-state index < -0.39 is 0 Å². The Labute approximate surface area is 163 Å². The lowest BCUT2D eigenvalue weighted by atomic mass is 9.95. The van der Waals surface area contributed by atoms with E-state index in [1.54, 1.807) is 0 Å². The number of piperidine rings is 1. The summed E-state index contributed by atoms with van der Waals surface area (Å²) in [5, 5.41) is 0. The van der Waals surface area contributed by atoms with Crippen LogP contribution in [0.5, 0.6) is 0 Å². The minimum Gasteiger partial charge on any atom is -0.379 e. The van der Waals surface area contributed by atoms with Gasteiger partial charge >= 0.3 is 0 Å². The smallest absolute Gasteiger partial charge is 0.239 e. The number of imidazole rings is 1. The van der Waals surface area contributed by atoms with Crippen molar-refractivity contribution >= 4 is 5.91 Å². The van der Waals surface area contributed by atoms with E-state index >= 15 is 0 Å². The number of hydrogen-bond donors (Lipinski definition) is 0. The van der Waals surface area contributed by atoms with Crippen molar-refractivity contribution in [3.8, 4) is 0 Å². The number of carbonyl (C=O) groups is 1. The first-order chi connectivity index (χ1) is 13.1. The van der Waals surface area contributed by atoms with Gasteiger partial charge in [-0.3, -0.25) is 9.69 Å². The molecule has 1 amide bonds. The molecule has 2 aliphatic heterocycles. The van der Waals surface area contributed by atoms with Crippen LogP contribution >= 0.6 is 0 Å². The van der Waals surface area contributed by atoms with Gasteiger partial charge in [0.1, 0.15) is 5.82 Å². The van der Waals surface area contributed by atoms with E-state index in [-0.39, 0.29) is 11.9 Å². The molecule has 1 aromatic heterocycles. The third-order valence-electron chi connectivity index (χ3n) is 5.87. The van der Waals surface area contributed by atoms with Crippen LogP contribution in [0.3, 0.4) is 0 Å². The summed E-state index contributed by atoms with van der Waals surface area (Å²) in [6.45, 7) is 8.99. The van der Waals surface area contributed by atoms with E-state index in [0.29, 0.717) is 5.92 Å². The summed E-state index contributed by atoms with van der Waals surface area (Å²) in [5.74, 6) is 1.92. The van der Waals surface area contributed by atoms with Crippen LogP contribution in [-0.2, 0) is 16.1 Å². The topological polar surface area (TPSA) is 53.8 Å². The van der Waals surface area contributed by atoms with Gasteiger partial charge in [0.2, 0.25) is 5.91 Å². The molecule has 2 saturated heterocycles. The molecule has 7 nitrogen and oxygen atoms in total. The monoisotopic (exact) mass is 377 g/mol. The van der Waals surface area contributed by atoms with Gasteiger partial charge in [-0.1, -0.05) is 0 Å². The highest BCUT2D eigenvalue weighted by Crippen LogP contribution is 2.27. The van der Waals surface area contributed by atoms with Gasteiger partial charge in [-0.15, -0.1) is 0 Å². The molecule has 0 bridgehead atoms. The Bertz CT molecular complexity index is 589. The Kier molecular flexibility index (Phi) is 7.26. The molecule has 2 aliphatic rings. The van der Waals surface area contributed by atoms with Crippen molar-refractivity contribution in [1.29, 1.82) is 0 Å². The number of nitrogens with zero attached hydrogens (tertiary/aromatic N) is 5. The number of carbonyl (C=O) groups excluding carboxylic acids is 1. The number of rotatable bonds is 7. The summed E-state index contributed by atoms with van der Waals surface area (Å²) in [6, 6.07) is -0.0431. The molecular formula is C20H35N5O2. The lowest BCUT2D eigenvalue weighted by molar-refractivity contribution is -0.139. The fourth-order valence-electron chi connectivity index (χ4n) is 4.17. The Morgan fingerprint density at radius 3 is 2.63 bits per heavy atom. The Balaban J connectivity index is 1.50. The van der Waals surface area contributed by atoms with Crippen molar-refractivity contribution in [2.24, 2.45) is 0 Å². The van der Waals surface area contributed by atoms with Gasteiger partial charge < -0.3 is 19.1 Å². The van der Waals surface area contributed by atoms with E-state index in [2.05, 4.69) is 44.5 Å². The molecule has 2 fully saturated rings. The zero-order chi connectivity index (χ0) is 19.2. The van der Waals surface area contributed by atoms with E-state index in [1.807, 2.05) is 13.1 Å². The molecule has 27 heavy (non-hydrogen) atoms. The minimum atomic E-state index is -0.0431.